The van der Waals surface area contributed by atoms with Crippen molar-refractivity contribution in [3.8, 4) is 11.5 Å². The number of anilines is 2. The molecule has 2 aromatic rings. The monoisotopic (exact) mass is 390 g/mol. The molecule has 0 aliphatic carbocycles. The maximum Gasteiger partial charge on any atom is 0.250 e. The van der Waals surface area contributed by atoms with Gasteiger partial charge in [0, 0.05) is 19.2 Å². The third-order valence-electron chi connectivity index (χ3n) is 3.88. The maximum atomic E-state index is 12.2. The molecule has 0 saturated carbocycles. The van der Waals surface area contributed by atoms with Gasteiger partial charge in [0.05, 0.1) is 10.7 Å². The van der Waals surface area contributed by atoms with Gasteiger partial charge in [-0.1, -0.05) is 17.7 Å². The molecule has 0 saturated heterocycles. The van der Waals surface area contributed by atoms with Crippen LogP contribution in [-0.4, -0.2) is 32.3 Å². The number of amides is 2. The second kappa shape index (κ2) is 8.75. The summed E-state index contributed by atoms with van der Waals surface area (Å²) in [5, 5.41) is 5.75. The average molecular weight is 391 g/mol. The molecular formula is C19H19ClN2O5. The zero-order valence-corrected chi connectivity index (χ0v) is 15.5. The topological polar surface area (TPSA) is 85.9 Å². The predicted octanol–water partition coefficient (Wildman–Crippen LogP) is 3.22. The Morgan fingerprint density at radius 3 is 2.67 bits per heavy atom. The van der Waals surface area contributed by atoms with Crippen LogP contribution in [0.4, 0.5) is 11.4 Å². The third kappa shape index (κ3) is 5.12. The lowest BCUT2D eigenvalue weighted by Crippen LogP contribution is -2.17. The van der Waals surface area contributed by atoms with Crippen LogP contribution in [0.5, 0.6) is 11.5 Å². The second-order valence-electron chi connectivity index (χ2n) is 5.91. The maximum absolute atomic E-state index is 12.2. The van der Waals surface area contributed by atoms with Gasteiger partial charge >= 0.3 is 0 Å². The van der Waals surface area contributed by atoms with E-state index in [0.29, 0.717) is 35.0 Å². The summed E-state index contributed by atoms with van der Waals surface area (Å²) in [4.78, 5) is 23.7. The summed E-state index contributed by atoms with van der Waals surface area (Å²) in [5.74, 6) is 0.973. The van der Waals surface area contributed by atoms with Crippen molar-refractivity contribution in [1.29, 1.82) is 0 Å². The first-order valence-corrected chi connectivity index (χ1v) is 8.69. The van der Waals surface area contributed by atoms with E-state index in [1.54, 1.807) is 18.2 Å². The molecular weight excluding hydrogens is 372 g/mol. The molecule has 2 N–H and O–H groups in total. The van der Waals surface area contributed by atoms with Crippen molar-refractivity contribution in [2.24, 2.45) is 0 Å². The van der Waals surface area contributed by atoms with Gasteiger partial charge in [0.25, 0.3) is 0 Å². The number of methoxy groups -OCH3 is 1. The minimum absolute atomic E-state index is 0.0608. The third-order valence-corrected chi connectivity index (χ3v) is 4.19. The van der Waals surface area contributed by atoms with E-state index in [9.17, 15) is 9.59 Å². The lowest BCUT2D eigenvalue weighted by Gasteiger charge is -2.10. The van der Waals surface area contributed by atoms with Crippen LogP contribution in [0.1, 0.15) is 12.0 Å². The summed E-state index contributed by atoms with van der Waals surface area (Å²) in [6.07, 6.45) is 0.880. The largest absolute Gasteiger partial charge is 0.454 e. The van der Waals surface area contributed by atoms with E-state index >= 15 is 0 Å². The van der Waals surface area contributed by atoms with E-state index in [1.807, 2.05) is 18.2 Å². The summed E-state index contributed by atoms with van der Waals surface area (Å²) in [6, 6.07) is 10.5. The van der Waals surface area contributed by atoms with E-state index in [1.165, 1.54) is 7.11 Å². The minimum Gasteiger partial charge on any atom is -0.454 e. The van der Waals surface area contributed by atoms with Crippen molar-refractivity contribution in [2.75, 3.05) is 31.1 Å². The van der Waals surface area contributed by atoms with Crippen molar-refractivity contribution < 1.29 is 23.8 Å². The average Bonchev–Trinajstić information content (AvgIpc) is 3.10. The van der Waals surface area contributed by atoms with Crippen molar-refractivity contribution in [2.45, 2.75) is 12.8 Å². The number of nitrogens with one attached hydrogen (secondary N) is 2. The molecule has 1 aliphatic heterocycles. The van der Waals surface area contributed by atoms with E-state index in [4.69, 9.17) is 25.8 Å². The molecule has 1 heterocycles. The fourth-order valence-electron chi connectivity index (χ4n) is 2.59. The normalized spacial score (nSPS) is 11.9. The van der Waals surface area contributed by atoms with Gasteiger partial charge in [-0.15, -0.1) is 0 Å². The Labute approximate surface area is 161 Å². The minimum atomic E-state index is -0.306. The Balaban J connectivity index is 1.53. The molecule has 0 fully saturated rings. The van der Waals surface area contributed by atoms with Gasteiger partial charge in [0.2, 0.25) is 18.6 Å². The molecule has 7 nitrogen and oxygen atoms in total. The highest BCUT2D eigenvalue weighted by atomic mass is 35.5. The summed E-state index contributed by atoms with van der Waals surface area (Å²) >= 11 is 6.15. The van der Waals surface area contributed by atoms with E-state index < -0.39 is 0 Å². The fraction of sp³-hybridized carbons (Fsp3) is 0.263. The first-order chi connectivity index (χ1) is 13.0. The molecule has 2 amide bonds. The van der Waals surface area contributed by atoms with Gasteiger partial charge in [0.1, 0.15) is 6.61 Å². The molecule has 0 unspecified atom stereocenters. The van der Waals surface area contributed by atoms with Gasteiger partial charge in [-0.05, 0) is 42.3 Å². The lowest BCUT2D eigenvalue weighted by atomic mass is 10.1. The summed E-state index contributed by atoms with van der Waals surface area (Å²) in [7, 11) is 1.43. The van der Waals surface area contributed by atoms with Gasteiger partial charge in [-0.25, -0.2) is 0 Å². The molecule has 3 rings (SSSR count). The van der Waals surface area contributed by atoms with Crippen LogP contribution in [0.3, 0.4) is 0 Å². The number of halogens is 1. The first-order valence-electron chi connectivity index (χ1n) is 8.32. The molecule has 0 spiro atoms. The van der Waals surface area contributed by atoms with Crippen LogP contribution in [0.15, 0.2) is 36.4 Å². The Bertz CT molecular complexity index is 856. The van der Waals surface area contributed by atoms with Gasteiger partial charge in [-0.2, -0.15) is 0 Å². The summed E-state index contributed by atoms with van der Waals surface area (Å²) < 4.78 is 15.4. The highest BCUT2D eigenvalue weighted by molar-refractivity contribution is 6.34. The van der Waals surface area contributed by atoms with Crippen LogP contribution >= 0.6 is 11.6 Å². The number of hydrogen-bond donors (Lipinski definition) is 2. The number of ether oxygens (including phenoxy) is 3. The van der Waals surface area contributed by atoms with Crippen molar-refractivity contribution in [3.05, 3.63) is 47.0 Å². The standard InChI is InChI=1S/C19H19ClN2O5/c1-25-10-19(24)22-15-5-4-13(9-14(15)20)21-18(23)7-3-12-2-6-16-17(8-12)27-11-26-16/h2,4-6,8-9H,3,7,10-11H2,1H3,(H,21,23)(H,22,24). The zero-order valence-electron chi connectivity index (χ0n) is 14.7. The van der Waals surface area contributed by atoms with Crippen LogP contribution < -0.4 is 20.1 Å². The van der Waals surface area contributed by atoms with Crippen molar-refractivity contribution >= 4 is 34.8 Å². The van der Waals surface area contributed by atoms with E-state index in [2.05, 4.69) is 10.6 Å². The quantitative estimate of drug-likeness (QED) is 0.758. The molecule has 0 atom stereocenters. The van der Waals surface area contributed by atoms with E-state index in [0.717, 1.165) is 11.3 Å². The lowest BCUT2D eigenvalue weighted by molar-refractivity contribution is -0.119. The van der Waals surface area contributed by atoms with Gasteiger partial charge < -0.3 is 24.8 Å². The molecule has 2 aromatic carbocycles. The predicted molar refractivity (Wildman–Crippen MR) is 101 cm³/mol. The fourth-order valence-corrected chi connectivity index (χ4v) is 2.82. The Hall–Kier alpha value is -2.77. The SMILES string of the molecule is COCC(=O)Nc1ccc(NC(=O)CCc2ccc3c(c2)OCO3)cc1Cl. The number of benzene rings is 2. The second-order valence-corrected chi connectivity index (χ2v) is 6.32. The van der Waals surface area contributed by atoms with Crippen LogP contribution in [0.25, 0.3) is 0 Å². The van der Waals surface area contributed by atoms with Crippen LogP contribution in [0, 0.1) is 0 Å². The molecule has 0 radical (unpaired) electrons. The number of fused-ring (bicyclic) bond motifs is 1. The Kier molecular flexibility index (Phi) is 6.16. The molecule has 27 heavy (non-hydrogen) atoms. The Morgan fingerprint density at radius 2 is 1.89 bits per heavy atom. The zero-order chi connectivity index (χ0) is 19.2. The number of rotatable bonds is 7. The molecule has 8 heteroatoms. The molecule has 0 aromatic heterocycles. The number of carbonyl (C=O) groups is 2. The summed E-state index contributed by atoms with van der Waals surface area (Å²) in [6.45, 7) is 0.163. The summed E-state index contributed by atoms with van der Waals surface area (Å²) in [5.41, 5.74) is 2.00. The number of carbonyl (C=O) groups excluding carboxylic acids is 2. The van der Waals surface area contributed by atoms with Gasteiger partial charge in [0.15, 0.2) is 11.5 Å². The highest BCUT2D eigenvalue weighted by Crippen LogP contribution is 2.32. The molecule has 142 valence electrons. The number of hydrogen-bond acceptors (Lipinski definition) is 5. The highest BCUT2D eigenvalue weighted by Gasteiger charge is 2.14. The van der Waals surface area contributed by atoms with Crippen LogP contribution in [-0.2, 0) is 20.7 Å². The molecule has 0 bridgehead atoms. The van der Waals surface area contributed by atoms with Crippen LogP contribution in [0.2, 0.25) is 5.02 Å². The van der Waals surface area contributed by atoms with Crippen molar-refractivity contribution in [3.63, 3.8) is 0 Å². The molecule has 1 aliphatic rings. The van der Waals surface area contributed by atoms with Crippen molar-refractivity contribution in [1.82, 2.24) is 0 Å². The van der Waals surface area contributed by atoms with Gasteiger partial charge in [-0.3, -0.25) is 9.59 Å². The number of aryl methyl sites for hydroxylation is 1. The van der Waals surface area contributed by atoms with E-state index in [-0.39, 0.29) is 25.2 Å². The first kappa shape index (κ1) is 19.0. The smallest absolute Gasteiger partial charge is 0.250 e. The Morgan fingerprint density at radius 1 is 1.07 bits per heavy atom.